The Morgan fingerprint density at radius 2 is 1.88 bits per heavy atom. The van der Waals surface area contributed by atoms with Crippen molar-refractivity contribution in [2.45, 2.75) is 18.6 Å². The molecule has 1 N–H and O–H groups in total. The number of rotatable bonds is 2. The SMILES string of the molecule is CO[C@H]1CCN2C(=O)c3cc(-c4ccccc4)ccc3NC(=O)[C@H]12. The number of fused-ring (bicyclic) bond motifs is 2. The first-order valence-corrected chi connectivity index (χ1v) is 8.03. The minimum absolute atomic E-state index is 0.120. The van der Waals surface area contributed by atoms with Gasteiger partial charge in [-0.3, -0.25) is 9.59 Å². The Morgan fingerprint density at radius 3 is 2.62 bits per heavy atom. The fourth-order valence-corrected chi connectivity index (χ4v) is 3.55. The van der Waals surface area contributed by atoms with Crippen LogP contribution in [0.1, 0.15) is 16.8 Å². The summed E-state index contributed by atoms with van der Waals surface area (Å²) < 4.78 is 5.39. The number of benzene rings is 2. The van der Waals surface area contributed by atoms with Crippen molar-refractivity contribution in [1.29, 1.82) is 0 Å². The zero-order chi connectivity index (χ0) is 16.7. The summed E-state index contributed by atoms with van der Waals surface area (Å²) in [5.74, 6) is -0.301. The number of carbonyl (C=O) groups is 2. The van der Waals surface area contributed by atoms with Crippen molar-refractivity contribution in [3.63, 3.8) is 0 Å². The Balaban J connectivity index is 1.78. The Kier molecular flexibility index (Phi) is 3.58. The predicted molar refractivity (Wildman–Crippen MR) is 90.7 cm³/mol. The van der Waals surface area contributed by atoms with Crippen LogP contribution in [0.4, 0.5) is 5.69 Å². The molecule has 0 radical (unpaired) electrons. The topological polar surface area (TPSA) is 58.6 Å². The van der Waals surface area contributed by atoms with E-state index in [9.17, 15) is 9.59 Å². The molecule has 2 amide bonds. The number of hydrogen-bond acceptors (Lipinski definition) is 3. The Bertz CT molecular complexity index is 804. The van der Waals surface area contributed by atoms with Crippen molar-refractivity contribution >= 4 is 17.5 Å². The molecule has 0 unspecified atom stereocenters. The van der Waals surface area contributed by atoms with E-state index in [1.165, 1.54) is 0 Å². The average Bonchev–Trinajstić information content (AvgIpc) is 3.02. The van der Waals surface area contributed by atoms with Crippen LogP contribution in [-0.4, -0.2) is 42.5 Å². The normalized spacial score (nSPS) is 22.6. The number of nitrogens with zero attached hydrogens (tertiary/aromatic N) is 1. The molecule has 1 fully saturated rings. The van der Waals surface area contributed by atoms with E-state index in [0.29, 0.717) is 24.2 Å². The van der Waals surface area contributed by atoms with E-state index >= 15 is 0 Å². The van der Waals surface area contributed by atoms with Gasteiger partial charge in [0, 0.05) is 13.7 Å². The van der Waals surface area contributed by atoms with Gasteiger partial charge >= 0.3 is 0 Å². The van der Waals surface area contributed by atoms with Gasteiger partial charge in [0.05, 0.1) is 17.4 Å². The van der Waals surface area contributed by atoms with Gasteiger partial charge in [0.15, 0.2) is 0 Å². The average molecular weight is 322 g/mol. The van der Waals surface area contributed by atoms with Crippen molar-refractivity contribution in [3.8, 4) is 11.1 Å². The molecule has 24 heavy (non-hydrogen) atoms. The van der Waals surface area contributed by atoms with Crippen LogP contribution in [0, 0.1) is 0 Å². The van der Waals surface area contributed by atoms with Gasteiger partial charge in [-0.1, -0.05) is 36.4 Å². The van der Waals surface area contributed by atoms with E-state index < -0.39 is 6.04 Å². The molecule has 122 valence electrons. The van der Waals surface area contributed by atoms with Crippen LogP contribution in [0.15, 0.2) is 48.5 Å². The molecule has 0 bridgehead atoms. The lowest BCUT2D eigenvalue weighted by Gasteiger charge is -2.23. The zero-order valence-electron chi connectivity index (χ0n) is 13.4. The van der Waals surface area contributed by atoms with Crippen molar-refractivity contribution in [1.82, 2.24) is 4.90 Å². The van der Waals surface area contributed by atoms with E-state index in [1.54, 1.807) is 18.1 Å². The maximum Gasteiger partial charge on any atom is 0.256 e. The highest BCUT2D eigenvalue weighted by atomic mass is 16.5. The summed E-state index contributed by atoms with van der Waals surface area (Å²) >= 11 is 0. The van der Waals surface area contributed by atoms with Gasteiger partial charge in [0.25, 0.3) is 5.91 Å². The maximum atomic E-state index is 13.0. The van der Waals surface area contributed by atoms with E-state index in [4.69, 9.17) is 4.74 Å². The van der Waals surface area contributed by atoms with Crippen molar-refractivity contribution in [2.75, 3.05) is 19.0 Å². The van der Waals surface area contributed by atoms with Crippen molar-refractivity contribution in [3.05, 3.63) is 54.1 Å². The summed E-state index contributed by atoms with van der Waals surface area (Å²) in [4.78, 5) is 27.2. The van der Waals surface area contributed by atoms with Crippen LogP contribution in [0.25, 0.3) is 11.1 Å². The molecule has 1 saturated heterocycles. The molecule has 2 aromatic carbocycles. The summed E-state index contributed by atoms with van der Waals surface area (Å²) in [5.41, 5.74) is 3.09. The molecule has 2 atom stereocenters. The summed E-state index contributed by atoms with van der Waals surface area (Å²) in [6.45, 7) is 0.532. The maximum absolute atomic E-state index is 13.0. The Hall–Kier alpha value is -2.66. The van der Waals surface area contributed by atoms with E-state index in [1.807, 2.05) is 42.5 Å². The number of anilines is 1. The summed E-state index contributed by atoms with van der Waals surface area (Å²) in [7, 11) is 1.58. The molecule has 0 aromatic heterocycles. The highest BCUT2D eigenvalue weighted by Crippen LogP contribution is 2.32. The number of methoxy groups -OCH3 is 1. The highest BCUT2D eigenvalue weighted by Gasteiger charge is 2.44. The summed E-state index contributed by atoms with van der Waals surface area (Å²) in [6.07, 6.45) is 0.422. The first kappa shape index (κ1) is 14.9. The van der Waals surface area contributed by atoms with E-state index in [-0.39, 0.29) is 17.9 Å². The number of amides is 2. The molecule has 0 saturated carbocycles. The largest absolute Gasteiger partial charge is 0.379 e. The van der Waals surface area contributed by atoms with Crippen molar-refractivity contribution in [2.24, 2.45) is 0 Å². The standard InChI is InChI=1S/C19H18N2O3/c1-24-16-9-10-21-17(16)18(22)20-15-8-7-13(11-14(15)19(21)23)12-5-3-2-4-6-12/h2-8,11,16-17H,9-10H2,1H3,(H,20,22)/t16-,17-/m0/s1. The minimum atomic E-state index is -0.560. The second kappa shape index (κ2) is 5.76. The van der Waals surface area contributed by atoms with Crippen LogP contribution < -0.4 is 5.32 Å². The number of hydrogen-bond donors (Lipinski definition) is 1. The second-order valence-electron chi connectivity index (χ2n) is 6.12. The van der Waals surface area contributed by atoms with Gasteiger partial charge in [-0.05, 0) is 29.7 Å². The lowest BCUT2D eigenvalue weighted by Crippen LogP contribution is -2.46. The first-order chi connectivity index (χ1) is 11.7. The Labute approximate surface area is 140 Å². The van der Waals surface area contributed by atoms with Gasteiger partial charge in [-0.25, -0.2) is 0 Å². The third kappa shape index (κ3) is 2.29. The molecular weight excluding hydrogens is 304 g/mol. The monoisotopic (exact) mass is 322 g/mol. The fraction of sp³-hybridized carbons (Fsp3) is 0.263. The van der Waals surface area contributed by atoms with Gasteiger partial charge in [0.2, 0.25) is 5.91 Å². The quantitative estimate of drug-likeness (QED) is 0.924. The third-order valence-corrected chi connectivity index (χ3v) is 4.79. The Morgan fingerprint density at radius 1 is 1.08 bits per heavy atom. The molecule has 4 rings (SSSR count). The zero-order valence-corrected chi connectivity index (χ0v) is 13.4. The summed E-state index contributed by atoms with van der Waals surface area (Å²) in [5, 5.41) is 2.89. The first-order valence-electron chi connectivity index (χ1n) is 8.03. The predicted octanol–water partition coefficient (Wildman–Crippen LogP) is 2.54. The lowest BCUT2D eigenvalue weighted by molar-refractivity contribution is -0.122. The number of nitrogens with one attached hydrogen (secondary N) is 1. The smallest absolute Gasteiger partial charge is 0.256 e. The molecule has 2 aliphatic heterocycles. The molecule has 5 nitrogen and oxygen atoms in total. The van der Waals surface area contributed by atoms with Crippen LogP contribution in [-0.2, 0) is 9.53 Å². The molecular formula is C19H18N2O3. The summed E-state index contributed by atoms with van der Waals surface area (Å²) in [6, 6.07) is 14.9. The lowest BCUT2D eigenvalue weighted by atomic mass is 10.0. The van der Waals surface area contributed by atoms with Gasteiger partial charge in [-0.2, -0.15) is 0 Å². The van der Waals surface area contributed by atoms with Crippen LogP contribution in [0.3, 0.4) is 0 Å². The van der Waals surface area contributed by atoms with Crippen molar-refractivity contribution < 1.29 is 14.3 Å². The van der Waals surface area contributed by atoms with Gasteiger partial charge in [-0.15, -0.1) is 0 Å². The molecule has 5 heteroatoms. The van der Waals surface area contributed by atoms with Gasteiger partial charge < -0.3 is 15.0 Å². The van der Waals surface area contributed by atoms with E-state index in [0.717, 1.165) is 11.1 Å². The minimum Gasteiger partial charge on any atom is -0.379 e. The third-order valence-electron chi connectivity index (χ3n) is 4.79. The molecule has 0 aliphatic carbocycles. The second-order valence-corrected chi connectivity index (χ2v) is 6.12. The molecule has 0 spiro atoms. The molecule has 2 heterocycles. The molecule has 2 aromatic rings. The fourth-order valence-electron chi connectivity index (χ4n) is 3.55. The van der Waals surface area contributed by atoms with Crippen LogP contribution in [0.2, 0.25) is 0 Å². The van der Waals surface area contributed by atoms with Crippen LogP contribution >= 0.6 is 0 Å². The highest BCUT2D eigenvalue weighted by molar-refractivity contribution is 6.11. The molecule has 2 aliphatic rings. The number of carbonyl (C=O) groups excluding carboxylic acids is 2. The van der Waals surface area contributed by atoms with E-state index in [2.05, 4.69) is 5.32 Å². The number of ether oxygens (including phenoxy) is 1. The van der Waals surface area contributed by atoms with Gasteiger partial charge in [0.1, 0.15) is 6.04 Å². The van der Waals surface area contributed by atoms with Crippen LogP contribution in [0.5, 0.6) is 0 Å².